The van der Waals surface area contributed by atoms with E-state index in [2.05, 4.69) is 5.32 Å². The first kappa shape index (κ1) is 21.6. The summed E-state index contributed by atoms with van der Waals surface area (Å²) in [5.41, 5.74) is 3.81. The van der Waals surface area contributed by atoms with Crippen molar-refractivity contribution < 1.29 is 19.1 Å². The number of rotatable bonds is 6. The van der Waals surface area contributed by atoms with Crippen molar-refractivity contribution in [3.63, 3.8) is 0 Å². The third-order valence-electron chi connectivity index (χ3n) is 5.82. The van der Waals surface area contributed by atoms with Crippen molar-refractivity contribution >= 4 is 28.5 Å². The topological polar surface area (TPSA) is 77.5 Å². The van der Waals surface area contributed by atoms with Crippen LogP contribution in [0.3, 0.4) is 0 Å². The maximum Gasteiger partial charge on any atom is 0.339 e. The molecule has 0 saturated carbocycles. The lowest BCUT2D eigenvalue weighted by molar-refractivity contribution is -0.119. The van der Waals surface area contributed by atoms with Gasteiger partial charge in [0.25, 0.3) is 5.91 Å². The van der Waals surface area contributed by atoms with E-state index >= 15 is 0 Å². The Morgan fingerprint density at radius 1 is 0.824 bits per heavy atom. The van der Waals surface area contributed by atoms with E-state index in [4.69, 9.17) is 14.5 Å². The van der Waals surface area contributed by atoms with Crippen LogP contribution in [0, 0.1) is 0 Å². The summed E-state index contributed by atoms with van der Waals surface area (Å²) in [5, 5.41) is 3.52. The lowest BCUT2D eigenvalue weighted by Crippen LogP contribution is -2.22. The molecule has 0 aliphatic heterocycles. The van der Waals surface area contributed by atoms with Gasteiger partial charge in [0.1, 0.15) is 11.5 Å². The monoisotopic (exact) mass is 452 g/mol. The predicted octanol–water partition coefficient (Wildman–Crippen LogP) is 5.70. The number of hydrogen-bond donors (Lipinski definition) is 1. The van der Waals surface area contributed by atoms with Crippen molar-refractivity contribution in [2.75, 3.05) is 11.9 Å². The Kier molecular flexibility index (Phi) is 6.21. The number of aromatic nitrogens is 1. The molecule has 1 N–H and O–H groups in total. The van der Waals surface area contributed by atoms with E-state index in [1.807, 2.05) is 54.6 Å². The zero-order chi connectivity index (χ0) is 23.3. The Balaban J connectivity index is 1.24. The highest BCUT2D eigenvalue weighted by Gasteiger charge is 2.24. The van der Waals surface area contributed by atoms with Crippen molar-refractivity contribution in [3.8, 4) is 11.5 Å². The first-order valence-electron chi connectivity index (χ1n) is 11.4. The predicted molar refractivity (Wildman–Crippen MR) is 130 cm³/mol. The number of ether oxygens (including phenoxy) is 2. The van der Waals surface area contributed by atoms with Gasteiger partial charge in [-0.05, 0) is 73.7 Å². The van der Waals surface area contributed by atoms with Gasteiger partial charge in [-0.3, -0.25) is 9.78 Å². The summed E-state index contributed by atoms with van der Waals surface area (Å²) in [6, 6.07) is 24.0. The number of benzene rings is 3. The Bertz CT molecular complexity index is 1330. The molecule has 1 amide bonds. The van der Waals surface area contributed by atoms with Crippen LogP contribution in [0.25, 0.3) is 10.9 Å². The fourth-order valence-electron chi connectivity index (χ4n) is 4.24. The largest absolute Gasteiger partial charge is 0.457 e. The van der Waals surface area contributed by atoms with Gasteiger partial charge in [0.15, 0.2) is 6.61 Å². The number of fused-ring (bicyclic) bond motifs is 2. The van der Waals surface area contributed by atoms with Crippen LogP contribution in [0.4, 0.5) is 5.69 Å². The third-order valence-corrected chi connectivity index (χ3v) is 5.82. The average Bonchev–Trinajstić information content (AvgIpc) is 2.87. The summed E-state index contributed by atoms with van der Waals surface area (Å²) in [6.07, 6.45) is 3.72. The van der Waals surface area contributed by atoms with Gasteiger partial charge < -0.3 is 14.8 Å². The fraction of sp³-hybridized carbons (Fsp3) is 0.179. The molecule has 1 aromatic heterocycles. The number of carbonyl (C=O) groups excluding carboxylic acids is 2. The van der Waals surface area contributed by atoms with E-state index in [1.165, 1.54) is 0 Å². The number of amides is 1. The number of nitrogens with one attached hydrogen (secondary N) is 1. The van der Waals surface area contributed by atoms with Crippen LogP contribution < -0.4 is 10.1 Å². The first-order chi connectivity index (χ1) is 16.7. The molecular weight excluding hydrogens is 428 g/mol. The maximum absolute atomic E-state index is 13.1. The molecule has 1 heterocycles. The summed E-state index contributed by atoms with van der Waals surface area (Å²) in [5.74, 6) is 0.498. The molecule has 1 aliphatic rings. The van der Waals surface area contributed by atoms with E-state index in [1.54, 1.807) is 24.3 Å². The van der Waals surface area contributed by atoms with E-state index in [9.17, 15) is 9.59 Å². The number of anilines is 1. The number of para-hydroxylation sites is 2. The van der Waals surface area contributed by atoms with Crippen molar-refractivity contribution in [3.05, 3.63) is 95.7 Å². The van der Waals surface area contributed by atoms with Crippen molar-refractivity contribution in [1.82, 2.24) is 4.98 Å². The van der Waals surface area contributed by atoms with Crippen LogP contribution in [0.1, 0.15) is 34.5 Å². The van der Waals surface area contributed by atoms with E-state index in [-0.39, 0.29) is 6.61 Å². The van der Waals surface area contributed by atoms with Gasteiger partial charge in [-0.25, -0.2) is 4.79 Å². The van der Waals surface area contributed by atoms with E-state index in [0.717, 1.165) is 53.6 Å². The molecule has 0 spiro atoms. The molecule has 0 radical (unpaired) electrons. The molecule has 170 valence electrons. The van der Waals surface area contributed by atoms with E-state index < -0.39 is 11.9 Å². The van der Waals surface area contributed by atoms with Crippen LogP contribution in [-0.4, -0.2) is 23.5 Å². The minimum atomic E-state index is -0.487. The Labute approximate surface area is 197 Å². The molecule has 0 unspecified atom stereocenters. The first-order valence-corrected chi connectivity index (χ1v) is 11.4. The Morgan fingerprint density at radius 2 is 1.53 bits per heavy atom. The quantitative estimate of drug-likeness (QED) is 0.380. The molecule has 6 heteroatoms. The number of esters is 1. The number of pyridine rings is 1. The van der Waals surface area contributed by atoms with Crippen molar-refractivity contribution in [2.24, 2.45) is 0 Å². The van der Waals surface area contributed by atoms with Crippen LogP contribution in [-0.2, 0) is 22.4 Å². The molecule has 0 saturated heterocycles. The second-order valence-corrected chi connectivity index (χ2v) is 8.20. The molecule has 6 nitrogen and oxygen atoms in total. The van der Waals surface area contributed by atoms with Gasteiger partial charge in [0, 0.05) is 16.8 Å². The molecule has 3 aromatic carbocycles. The molecule has 0 bridgehead atoms. The molecule has 0 fully saturated rings. The number of hydrogen-bond acceptors (Lipinski definition) is 5. The molecule has 5 rings (SSSR count). The van der Waals surface area contributed by atoms with Gasteiger partial charge in [0.2, 0.25) is 0 Å². The highest BCUT2D eigenvalue weighted by atomic mass is 16.5. The minimum absolute atomic E-state index is 0.369. The summed E-state index contributed by atoms with van der Waals surface area (Å²) in [4.78, 5) is 30.2. The zero-order valence-electron chi connectivity index (χ0n) is 18.6. The molecule has 0 atom stereocenters. The van der Waals surface area contributed by atoms with Gasteiger partial charge in [-0.1, -0.05) is 36.4 Å². The van der Waals surface area contributed by atoms with Gasteiger partial charge >= 0.3 is 5.97 Å². The lowest BCUT2D eigenvalue weighted by Gasteiger charge is -2.19. The normalized spacial score (nSPS) is 12.6. The van der Waals surface area contributed by atoms with Crippen LogP contribution in [0.5, 0.6) is 11.5 Å². The summed E-state index contributed by atoms with van der Waals surface area (Å²) < 4.78 is 11.2. The highest BCUT2D eigenvalue weighted by Crippen LogP contribution is 2.30. The highest BCUT2D eigenvalue weighted by molar-refractivity contribution is 6.06. The minimum Gasteiger partial charge on any atom is -0.457 e. The number of nitrogens with zero attached hydrogens (tertiary/aromatic N) is 1. The Morgan fingerprint density at radius 3 is 2.35 bits per heavy atom. The maximum atomic E-state index is 13.1. The van der Waals surface area contributed by atoms with Gasteiger partial charge in [-0.2, -0.15) is 0 Å². The molecule has 4 aromatic rings. The van der Waals surface area contributed by atoms with Crippen LogP contribution in [0.2, 0.25) is 0 Å². The van der Waals surface area contributed by atoms with Gasteiger partial charge in [-0.15, -0.1) is 0 Å². The van der Waals surface area contributed by atoms with Gasteiger partial charge in [0.05, 0.1) is 11.1 Å². The standard InChI is InChI=1S/C28H24N2O4/c31-26(29-19-14-16-21(17-15-19)34-20-8-2-1-3-9-20)18-33-28(32)27-22-10-4-6-12-24(22)30-25-13-7-5-11-23(25)27/h1-4,6,8-10,12,14-17H,5,7,11,13,18H2,(H,29,31). The number of carbonyl (C=O) groups is 2. The molecule has 1 aliphatic carbocycles. The summed E-state index contributed by atoms with van der Waals surface area (Å²) >= 11 is 0. The second-order valence-electron chi connectivity index (χ2n) is 8.20. The van der Waals surface area contributed by atoms with E-state index in [0.29, 0.717) is 17.0 Å². The number of aryl methyl sites for hydroxylation is 1. The van der Waals surface area contributed by atoms with Crippen molar-refractivity contribution in [2.45, 2.75) is 25.7 Å². The Hall–Kier alpha value is -4.19. The third kappa shape index (κ3) is 4.76. The van der Waals surface area contributed by atoms with Crippen molar-refractivity contribution in [1.29, 1.82) is 0 Å². The average molecular weight is 453 g/mol. The fourth-order valence-corrected chi connectivity index (χ4v) is 4.24. The van der Waals surface area contributed by atoms with Crippen LogP contribution in [0.15, 0.2) is 78.9 Å². The summed E-state index contributed by atoms with van der Waals surface area (Å²) in [6.45, 7) is -0.369. The zero-order valence-corrected chi connectivity index (χ0v) is 18.6. The van der Waals surface area contributed by atoms with Crippen LogP contribution >= 0.6 is 0 Å². The molecular formula is C28H24N2O4. The second kappa shape index (κ2) is 9.75. The smallest absolute Gasteiger partial charge is 0.339 e. The molecule has 34 heavy (non-hydrogen) atoms. The summed E-state index contributed by atoms with van der Waals surface area (Å²) in [7, 11) is 0. The lowest BCUT2D eigenvalue weighted by atomic mass is 9.90. The SMILES string of the molecule is O=C(COC(=O)c1c2c(nc3ccccc13)CCCC2)Nc1ccc(Oc2ccccc2)cc1.